The molecular formula is C14H14N4S. The van der Waals surface area contributed by atoms with Crippen molar-refractivity contribution in [2.24, 2.45) is 5.10 Å². The van der Waals surface area contributed by atoms with E-state index < -0.39 is 0 Å². The number of nitrogens with zero attached hydrogens (tertiary/aromatic N) is 2. The van der Waals surface area contributed by atoms with Crippen molar-refractivity contribution in [3.8, 4) is 0 Å². The van der Waals surface area contributed by atoms with Crippen LogP contribution >= 0.6 is 12.2 Å². The Balaban J connectivity index is 1.75. The molecule has 0 aliphatic heterocycles. The van der Waals surface area contributed by atoms with Crippen LogP contribution in [0, 0.1) is 0 Å². The SMILES string of the molecule is S=C(NCc1ccccc1)N/N=C\c1cccnc1. The third-order valence-corrected chi connectivity index (χ3v) is 2.60. The van der Waals surface area contributed by atoms with Crippen LogP contribution in [0.2, 0.25) is 0 Å². The van der Waals surface area contributed by atoms with Gasteiger partial charge in [0.1, 0.15) is 0 Å². The Morgan fingerprint density at radius 2 is 2.05 bits per heavy atom. The molecule has 1 heterocycles. The fourth-order valence-electron chi connectivity index (χ4n) is 1.44. The van der Waals surface area contributed by atoms with E-state index in [1.54, 1.807) is 18.6 Å². The highest BCUT2D eigenvalue weighted by atomic mass is 32.1. The maximum atomic E-state index is 5.12. The Morgan fingerprint density at radius 3 is 2.79 bits per heavy atom. The Bertz CT molecular complexity index is 540. The summed E-state index contributed by atoms with van der Waals surface area (Å²) in [5, 5.41) is 7.60. The van der Waals surface area contributed by atoms with Gasteiger partial charge in [-0.3, -0.25) is 10.4 Å². The zero-order valence-electron chi connectivity index (χ0n) is 10.3. The van der Waals surface area contributed by atoms with Crippen molar-refractivity contribution in [3.63, 3.8) is 0 Å². The molecule has 4 nitrogen and oxygen atoms in total. The molecule has 0 aliphatic carbocycles. The zero-order valence-corrected chi connectivity index (χ0v) is 11.1. The monoisotopic (exact) mass is 270 g/mol. The molecule has 1 aromatic carbocycles. The first-order chi connectivity index (χ1) is 9.34. The molecule has 0 atom stereocenters. The number of nitrogens with one attached hydrogen (secondary N) is 2. The average Bonchev–Trinajstić information content (AvgIpc) is 2.47. The van der Waals surface area contributed by atoms with Crippen molar-refractivity contribution in [2.45, 2.75) is 6.54 Å². The number of rotatable bonds is 4. The van der Waals surface area contributed by atoms with Crippen LogP contribution in [0.25, 0.3) is 0 Å². The number of hydrogen-bond acceptors (Lipinski definition) is 3. The quantitative estimate of drug-likeness (QED) is 0.507. The number of benzene rings is 1. The van der Waals surface area contributed by atoms with Gasteiger partial charge >= 0.3 is 0 Å². The molecule has 0 fully saturated rings. The van der Waals surface area contributed by atoms with Crippen molar-refractivity contribution in [1.29, 1.82) is 0 Å². The van der Waals surface area contributed by atoms with Gasteiger partial charge in [0, 0.05) is 24.5 Å². The number of hydrazone groups is 1. The molecule has 2 rings (SSSR count). The molecular weight excluding hydrogens is 256 g/mol. The van der Waals surface area contributed by atoms with Crippen molar-refractivity contribution in [1.82, 2.24) is 15.7 Å². The lowest BCUT2D eigenvalue weighted by Gasteiger charge is -2.06. The van der Waals surface area contributed by atoms with Gasteiger partial charge in [0.05, 0.1) is 6.21 Å². The van der Waals surface area contributed by atoms with Crippen LogP contribution in [0.4, 0.5) is 0 Å². The molecule has 96 valence electrons. The lowest BCUT2D eigenvalue weighted by Crippen LogP contribution is -2.31. The fraction of sp³-hybridized carbons (Fsp3) is 0.0714. The number of hydrogen-bond donors (Lipinski definition) is 2. The minimum atomic E-state index is 0.490. The molecule has 0 aliphatic rings. The summed E-state index contributed by atoms with van der Waals surface area (Å²) in [5.41, 5.74) is 4.85. The number of thiocarbonyl (C=S) groups is 1. The normalized spacial score (nSPS) is 10.3. The maximum absolute atomic E-state index is 5.12. The van der Waals surface area contributed by atoms with Gasteiger partial charge in [-0.05, 0) is 23.8 Å². The van der Waals surface area contributed by atoms with Gasteiger partial charge < -0.3 is 5.32 Å². The van der Waals surface area contributed by atoms with E-state index >= 15 is 0 Å². The zero-order chi connectivity index (χ0) is 13.3. The second-order valence-corrected chi connectivity index (χ2v) is 4.23. The van der Waals surface area contributed by atoms with E-state index in [4.69, 9.17) is 12.2 Å². The van der Waals surface area contributed by atoms with Gasteiger partial charge in [-0.15, -0.1) is 0 Å². The van der Waals surface area contributed by atoms with Crippen molar-refractivity contribution in [2.75, 3.05) is 0 Å². The van der Waals surface area contributed by atoms with E-state index in [1.807, 2.05) is 42.5 Å². The largest absolute Gasteiger partial charge is 0.357 e. The minimum Gasteiger partial charge on any atom is -0.357 e. The molecule has 5 heteroatoms. The molecule has 0 unspecified atom stereocenters. The summed E-state index contributed by atoms with van der Waals surface area (Å²) in [5.74, 6) is 0. The molecule has 2 aromatic rings. The summed E-state index contributed by atoms with van der Waals surface area (Å²) >= 11 is 5.12. The molecule has 2 N–H and O–H groups in total. The van der Waals surface area contributed by atoms with Crippen LogP contribution in [-0.2, 0) is 6.54 Å². The van der Waals surface area contributed by atoms with Crippen LogP contribution in [0.3, 0.4) is 0 Å². The number of aromatic nitrogens is 1. The van der Waals surface area contributed by atoms with Gasteiger partial charge in [-0.1, -0.05) is 36.4 Å². The van der Waals surface area contributed by atoms with Crippen molar-refractivity contribution in [3.05, 3.63) is 66.0 Å². The number of pyridine rings is 1. The van der Waals surface area contributed by atoms with Crippen molar-refractivity contribution >= 4 is 23.5 Å². The van der Waals surface area contributed by atoms with Crippen LogP contribution in [0.15, 0.2) is 60.0 Å². The van der Waals surface area contributed by atoms with Gasteiger partial charge in [0.25, 0.3) is 0 Å². The third-order valence-electron chi connectivity index (χ3n) is 2.36. The first-order valence-electron chi connectivity index (χ1n) is 5.85. The van der Waals surface area contributed by atoms with E-state index in [-0.39, 0.29) is 0 Å². The smallest absolute Gasteiger partial charge is 0.187 e. The lowest BCUT2D eigenvalue weighted by molar-refractivity contribution is 0.869. The van der Waals surface area contributed by atoms with Crippen LogP contribution < -0.4 is 10.7 Å². The van der Waals surface area contributed by atoms with E-state index in [0.29, 0.717) is 11.7 Å². The predicted octanol–water partition coefficient (Wildman–Crippen LogP) is 2.08. The van der Waals surface area contributed by atoms with Crippen LogP contribution in [-0.4, -0.2) is 16.3 Å². The second kappa shape index (κ2) is 7.23. The van der Waals surface area contributed by atoms with Gasteiger partial charge in [-0.25, -0.2) is 0 Å². The van der Waals surface area contributed by atoms with Crippen molar-refractivity contribution < 1.29 is 0 Å². The Hall–Kier alpha value is -2.27. The first-order valence-corrected chi connectivity index (χ1v) is 6.26. The van der Waals surface area contributed by atoms with Gasteiger partial charge in [0.15, 0.2) is 5.11 Å². The highest BCUT2D eigenvalue weighted by Gasteiger charge is 1.94. The van der Waals surface area contributed by atoms with E-state index in [0.717, 1.165) is 5.56 Å². The molecule has 1 aromatic heterocycles. The third kappa shape index (κ3) is 4.85. The standard InChI is InChI=1S/C14H14N4S/c19-14(16-10-12-5-2-1-3-6-12)18-17-11-13-7-4-8-15-9-13/h1-9,11H,10H2,(H2,16,18,19)/b17-11-. The Morgan fingerprint density at radius 1 is 1.21 bits per heavy atom. The first kappa shape index (κ1) is 13.2. The summed E-state index contributed by atoms with van der Waals surface area (Å²) in [6.07, 6.45) is 5.12. The molecule has 0 bridgehead atoms. The topological polar surface area (TPSA) is 49.3 Å². The van der Waals surface area contributed by atoms with Crippen LogP contribution in [0.1, 0.15) is 11.1 Å². The molecule has 0 saturated carbocycles. The average molecular weight is 270 g/mol. The van der Waals surface area contributed by atoms with E-state index in [1.165, 1.54) is 5.56 Å². The summed E-state index contributed by atoms with van der Waals surface area (Å²) in [7, 11) is 0. The van der Waals surface area contributed by atoms with E-state index in [2.05, 4.69) is 20.8 Å². The Kier molecular flexibility index (Phi) is 5.01. The summed E-state index contributed by atoms with van der Waals surface area (Å²) in [4.78, 5) is 3.99. The highest BCUT2D eigenvalue weighted by Crippen LogP contribution is 1.96. The highest BCUT2D eigenvalue weighted by molar-refractivity contribution is 7.80. The lowest BCUT2D eigenvalue weighted by atomic mass is 10.2. The second-order valence-electron chi connectivity index (χ2n) is 3.82. The van der Waals surface area contributed by atoms with Crippen LogP contribution in [0.5, 0.6) is 0 Å². The maximum Gasteiger partial charge on any atom is 0.187 e. The van der Waals surface area contributed by atoms with E-state index in [9.17, 15) is 0 Å². The summed E-state index contributed by atoms with van der Waals surface area (Å²) in [6.45, 7) is 0.676. The van der Waals surface area contributed by atoms with Gasteiger partial charge in [-0.2, -0.15) is 5.10 Å². The fourth-order valence-corrected chi connectivity index (χ4v) is 1.56. The Labute approximate surface area is 117 Å². The van der Waals surface area contributed by atoms with Gasteiger partial charge in [0.2, 0.25) is 0 Å². The summed E-state index contributed by atoms with van der Waals surface area (Å²) < 4.78 is 0. The molecule has 0 saturated heterocycles. The molecule has 19 heavy (non-hydrogen) atoms. The molecule has 0 spiro atoms. The minimum absolute atomic E-state index is 0.490. The molecule has 0 amide bonds. The summed E-state index contributed by atoms with van der Waals surface area (Å²) in [6, 6.07) is 13.8. The predicted molar refractivity (Wildman–Crippen MR) is 80.8 cm³/mol. The molecule has 0 radical (unpaired) electrons.